The molecule has 1 aliphatic carbocycles. The number of fused-ring (bicyclic) bond motifs is 1. The van der Waals surface area contributed by atoms with Gasteiger partial charge < -0.3 is 0 Å². The Morgan fingerprint density at radius 3 is 2.22 bits per heavy atom. The molecule has 1 saturated heterocycles. The summed E-state index contributed by atoms with van der Waals surface area (Å²) in [5, 5.41) is 11.3. The summed E-state index contributed by atoms with van der Waals surface area (Å²) in [5.74, 6) is -1.36. The van der Waals surface area contributed by atoms with E-state index in [4.69, 9.17) is 0 Å². The van der Waals surface area contributed by atoms with Crippen LogP contribution in [-0.2, 0) is 21.4 Å². The van der Waals surface area contributed by atoms with Crippen LogP contribution in [0.2, 0.25) is 0 Å². The van der Waals surface area contributed by atoms with Crippen molar-refractivity contribution in [1.82, 2.24) is 4.90 Å². The highest BCUT2D eigenvalue weighted by molar-refractivity contribution is 6.12. The number of nitrogens with zero attached hydrogens (tertiary/aromatic N) is 2. The van der Waals surface area contributed by atoms with Gasteiger partial charge in [0.15, 0.2) is 0 Å². The maximum atomic E-state index is 12.8. The van der Waals surface area contributed by atoms with E-state index in [1.54, 1.807) is 25.1 Å². The molecular weight excluding hydrogens is 344 g/mol. The topological polar surface area (TPSA) is 80.5 Å². The van der Waals surface area contributed by atoms with Gasteiger partial charge in [-0.3, -0.25) is 24.6 Å². The fourth-order valence-corrected chi connectivity index (χ4v) is 4.49. The molecule has 2 aromatic rings. The number of hydrogen-bond donors (Lipinski definition) is 0. The molecule has 1 saturated carbocycles. The molecular formula is C21H20N2O4. The molecule has 2 amide bonds. The van der Waals surface area contributed by atoms with Crippen LogP contribution >= 0.6 is 0 Å². The number of piperidine rings is 1. The molecule has 2 fully saturated rings. The molecule has 27 heavy (non-hydrogen) atoms. The van der Waals surface area contributed by atoms with E-state index in [-0.39, 0.29) is 17.5 Å². The van der Waals surface area contributed by atoms with E-state index in [0.717, 1.165) is 6.42 Å². The van der Waals surface area contributed by atoms with Gasteiger partial charge in [-0.1, -0.05) is 55.5 Å². The quantitative estimate of drug-likeness (QED) is 0.448. The van der Waals surface area contributed by atoms with Gasteiger partial charge in [-0.05, 0) is 18.4 Å². The molecule has 2 atom stereocenters. The molecule has 0 N–H and O–H groups in total. The Morgan fingerprint density at radius 2 is 1.59 bits per heavy atom. The van der Waals surface area contributed by atoms with Crippen LogP contribution in [0.1, 0.15) is 24.5 Å². The highest BCUT2D eigenvalue weighted by Crippen LogP contribution is 2.65. The number of aryl methyl sites for hydroxylation is 1. The van der Waals surface area contributed by atoms with Gasteiger partial charge in [0, 0.05) is 23.6 Å². The molecule has 6 heteroatoms. The summed E-state index contributed by atoms with van der Waals surface area (Å²) in [6, 6.07) is 16.3. The first-order chi connectivity index (χ1) is 13.0. The normalized spacial score (nSPS) is 26.2. The van der Waals surface area contributed by atoms with Gasteiger partial charge >= 0.3 is 0 Å². The number of benzene rings is 2. The lowest BCUT2D eigenvalue weighted by Crippen LogP contribution is -2.38. The number of para-hydroxylation sites is 1. The summed E-state index contributed by atoms with van der Waals surface area (Å²) < 4.78 is 0. The van der Waals surface area contributed by atoms with Crippen molar-refractivity contribution >= 4 is 17.5 Å². The standard InChI is InChI=1S/C21H20N2O4/c1-21(15-11-5-6-12-16(15)23(26)27)17-18(21)20(25)22(19(17)24)13-7-10-14-8-3-2-4-9-14/h2-6,8-9,11-12,17-18H,7,10,13H2,1H3. The van der Waals surface area contributed by atoms with E-state index in [1.807, 2.05) is 30.3 Å². The Bertz CT molecular complexity index is 903. The number of carbonyl (C=O) groups is 2. The second-order valence-corrected chi connectivity index (χ2v) is 7.43. The number of hydrogen-bond acceptors (Lipinski definition) is 4. The number of imide groups is 1. The molecule has 1 heterocycles. The van der Waals surface area contributed by atoms with Gasteiger partial charge in [-0.15, -0.1) is 0 Å². The molecule has 0 radical (unpaired) electrons. The lowest BCUT2D eigenvalue weighted by molar-refractivity contribution is -0.385. The smallest absolute Gasteiger partial charge is 0.273 e. The molecule has 6 nitrogen and oxygen atoms in total. The van der Waals surface area contributed by atoms with E-state index < -0.39 is 22.2 Å². The van der Waals surface area contributed by atoms with Gasteiger partial charge in [0.25, 0.3) is 5.69 Å². The molecule has 0 bridgehead atoms. The number of nitro groups is 1. The van der Waals surface area contributed by atoms with Crippen LogP contribution in [-0.4, -0.2) is 28.2 Å². The van der Waals surface area contributed by atoms with E-state index >= 15 is 0 Å². The molecule has 2 aromatic carbocycles. The molecule has 4 rings (SSSR count). The maximum absolute atomic E-state index is 12.8. The van der Waals surface area contributed by atoms with Gasteiger partial charge in [-0.25, -0.2) is 0 Å². The number of amides is 2. The predicted octanol–water partition coefficient (Wildman–Crippen LogP) is 3.10. The predicted molar refractivity (Wildman–Crippen MR) is 98.9 cm³/mol. The summed E-state index contributed by atoms with van der Waals surface area (Å²) in [6.45, 7) is 2.19. The van der Waals surface area contributed by atoms with Gasteiger partial charge in [0.05, 0.1) is 16.8 Å². The third kappa shape index (κ3) is 2.63. The monoisotopic (exact) mass is 364 g/mol. The molecule has 2 unspecified atom stereocenters. The molecule has 138 valence electrons. The average Bonchev–Trinajstić information content (AvgIpc) is 3.23. The highest BCUT2D eigenvalue weighted by Gasteiger charge is 2.76. The fraction of sp³-hybridized carbons (Fsp3) is 0.333. The van der Waals surface area contributed by atoms with Crippen molar-refractivity contribution in [2.45, 2.75) is 25.2 Å². The third-order valence-electron chi connectivity index (χ3n) is 5.95. The Labute approximate surface area is 156 Å². The Balaban J connectivity index is 1.48. The van der Waals surface area contributed by atoms with Gasteiger partial charge in [0.1, 0.15) is 0 Å². The van der Waals surface area contributed by atoms with Gasteiger partial charge in [0.2, 0.25) is 11.8 Å². The minimum Gasteiger partial charge on any atom is -0.282 e. The molecule has 0 aromatic heterocycles. The van der Waals surface area contributed by atoms with E-state index in [2.05, 4.69) is 0 Å². The molecule has 1 aliphatic heterocycles. The summed E-state index contributed by atoms with van der Waals surface area (Å²) in [4.78, 5) is 37.9. The van der Waals surface area contributed by atoms with E-state index in [9.17, 15) is 19.7 Å². The first-order valence-electron chi connectivity index (χ1n) is 9.09. The zero-order valence-corrected chi connectivity index (χ0v) is 15.0. The lowest BCUT2D eigenvalue weighted by Gasteiger charge is -2.23. The Kier molecular flexibility index (Phi) is 4.06. The van der Waals surface area contributed by atoms with Crippen LogP contribution in [0.5, 0.6) is 0 Å². The van der Waals surface area contributed by atoms with E-state index in [1.165, 1.54) is 16.5 Å². The number of rotatable bonds is 6. The largest absolute Gasteiger partial charge is 0.282 e. The Morgan fingerprint density at radius 1 is 1.00 bits per heavy atom. The SMILES string of the molecule is CC1(c2ccccc2[N+](=O)[O-])C2C(=O)N(CCCc3ccccc3)C(=O)C21. The summed E-state index contributed by atoms with van der Waals surface area (Å²) >= 11 is 0. The van der Waals surface area contributed by atoms with Crippen LogP contribution in [0.4, 0.5) is 5.69 Å². The third-order valence-corrected chi connectivity index (χ3v) is 5.95. The number of nitro benzene ring substituents is 1. The second kappa shape index (κ2) is 6.30. The van der Waals surface area contributed by atoms with Crippen LogP contribution in [0.25, 0.3) is 0 Å². The van der Waals surface area contributed by atoms with Gasteiger partial charge in [-0.2, -0.15) is 0 Å². The Hall–Kier alpha value is -3.02. The average molecular weight is 364 g/mol. The van der Waals surface area contributed by atoms with Crippen molar-refractivity contribution in [3.63, 3.8) is 0 Å². The molecule has 2 aliphatic rings. The van der Waals surface area contributed by atoms with Crippen LogP contribution in [0.15, 0.2) is 54.6 Å². The van der Waals surface area contributed by atoms with Crippen molar-refractivity contribution in [2.24, 2.45) is 11.8 Å². The minimum absolute atomic E-state index is 0.0226. The fourth-order valence-electron chi connectivity index (χ4n) is 4.49. The van der Waals surface area contributed by atoms with Crippen molar-refractivity contribution in [3.05, 3.63) is 75.8 Å². The first-order valence-corrected chi connectivity index (χ1v) is 9.09. The lowest BCUT2D eigenvalue weighted by atomic mass is 9.90. The first kappa shape index (κ1) is 17.4. The van der Waals surface area contributed by atoms with E-state index in [0.29, 0.717) is 18.5 Å². The van der Waals surface area contributed by atoms with Crippen molar-refractivity contribution in [1.29, 1.82) is 0 Å². The zero-order valence-electron chi connectivity index (χ0n) is 15.0. The number of likely N-dealkylation sites (tertiary alicyclic amines) is 1. The van der Waals surface area contributed by atoms with Crippen molar-refractivity contribution < 1.29 is 14.5 Å². The van der Waals surface area contributed by atoms with Crippen LogP contribution in [0, 0.1) is 22.0 Å². The highest BCUT2D eigenvalue weighted by atomic mass is 16.6. The maximum Gasteiger partial charge on any atom is 0.273 e. The summed E-state index contributed by atoms with van der Waals surface area (Å²) in [5.41, 5.74) is 0.862. The van der Waals surface area contributed by atoms with Crippen LogP contribution < -0.4 is 0 Å². The number of carbonyl (C=O) groups excluding carboxylic acids is 2. The summed E-state index contributed by atoms with van der Waals surface area (Å²) in [6.07, 6.45) is 1.51. The van der Waals surface area contributed by atoms with Crippen LogP contribution in [0.3, 0.4) is 0 Å². The van der Waals surface area contributed by atoms with Crippen molar-refractivity contribution in [3.8, 4) is 0 Å². The van der Waals surface area contributed by atoms with Crippen molar-refractivity contribution in [2.75, 3.05) is 6.54 Å². The summed E-state index contributed by atoms with van der Waals surface area (Å²) in [7, 11) is 0. The zero-order chi connectivity index (χ0) is 19.2. The molecule has 0 spiro atoms. The minimum atomic E-state index is -0.770. The second-order valence-electron chi connectivity index (χ2n) is 7.43.